The van der Waals surface area contributed by atoms with Crippen LogP contribution in [0.3, 0.4) is 0 Å². The summed E-state index contributed by atoms with van der Waals surface area (Å²) in [6, 6.07) is 15.3. The number of pyridine rings is 1. The maximum atomic E-state index is 12.5. The molecular formula is C32H37N7O4U. The first-order valence-corrected chi connectivity index (χ1v) is 14.2. The average Bonchev–Trinajstić information content (AvgIpc) is 3.06. The Balaban J connectivity index is 0.00000442. The van der Waals surface area contributed by atoms with E-state index in [4.69, 9.17) is 19.2 Å². The van der Waals surface area contributed by atoms with Crippen molar-refractivity contribution >= 4 is 34.3 Å². The second kappa shape index (κ2) is 16.0. The van der Waals surface area contributed by atoms with E-state index in [9.17, 15) is 4.79 Å². The van der Waals surface area contributed by atoms with Gasteiger partial charge < -0.3 is 42.8 Å². The molecule has 1 aliphatic heterocycles. The quantitative estimate of drug-likeness (QED) is 0.216. The average molecular weight is 822 g/mol. The van der Waals surface area contributed by atoms with Crippen molar-refractivity contribution < 1.29 is 50.1 Å². The molecule has 228 valence electrons. The van der Waals surface area contributed by atoms with E-state index < -0.39 is 0 Å². The SMILES string of the molecule is [CH2-]CN(C[CH2-])CCN(c1cc(OC)cc(OC)c1)c1ccc2ncc(-c3ccc(NC(=O)N4CCOCC4)nc3)nc2c1.[U+2]. The molecule has 2 amide bonds. The molecule has 0 spiro atoms. The molecule has 44 heavy (non-hydrogen) atoms. The van der Waals surface area contributed by atoms with Crippen molar-refractivity contribution in [2.75, 3.05) is 76.9 Å². The molecule has 0 aliphatic carbocycles. The van der Waals surface area contributed by atoms with Crippen molar-refractivity contribution in [2.24, 2.45) is 0 Å². The number of hydrogen-bond donors (Lipinski definition) is 1. The van der Waals surface area contributed by atoms with Gasteiger partial charge in [-0.3, -0.25) is 10.3 Å². The fourth-order valence-electron chi connectivity index (χ4n) is 4.81. The van der Waals surface area contributed by atoms with Gasteiger partial charge in [-0.2, -0.15) is 0 Å². The van der Waals surface area contributed by atoms with Crippen molar-refractivity contribution in [1.82, 2.24) is 24.8 Å². The van der Waals surface area contributed by atoms with Crippen molar-refractivity contribution in [3.63, 3.8) is 0 Å². The standard InChI is InChI=1S/C32H37N7O4.U/c1-5-37(6-2)11-12-39(25-17-26(41-3)20-27(18-25)42-4)24-8-9-28-29(19-24)35-30(22-33-28)23-7-10-31(34-21-23)36-32(40)38-13-15-43-16-14-38;/h7-10,17-22H,1-2,5-6,11-16H2,3-4H3,(H,34,36,40);/q-2;+2. The summed E-state index contributed by atoms with van der Waals surface area (Å²) in [4.78, 5) is 32.6. The number of amides is 2. The van der Waals surface area contributed by atoms with E-state index in [1.165, 1.54) is 0 Å². The molecule has 4 aromatic rings. The Bertz CT molecular complexity index is 1510. The van der Waals surface area contributed by atoms with E-state index >= 15 is 0 Å². The molecule has 5 rings (SSSR count). The number of benzene rings is 2. The van der Waals surface area contributed by atoms with Gasteiger partial charge in [-0.1, -0.05) is 0 Å². The van der Waals surface area contributed by atoms with Crippen molar-refractivity contribution in [3.8, 4) is 22.8 Å². The number of anilines is 3. The summed E-state index contributed by atoms with van der Waals surface area (Å²) >= 11 is 0. The number of nitrogens with one attached hydrogen (secondary N) is 1. The molecule has 0 bridgehead atoms. The third-order valence-corrected chi connectivity index (χ3v) is 7.35. The molecule has 0 saturated carbocycles. The maximum absolute atomic E-state index is 12.5. The van der Waals surface area contributed by atoms with Crippen LogP contribution in [0.15, 0.2) is 60.9 Å². The molecule has 0 unspecified atom stereocenters. The van der Waals surface area contributed by atoms with Gasteiger partial charge in [-0.25, -0.2) is 14.8 Å². The summed E-state index contributed by atoms with van der Waals surface area (Å²) in [6.07, 6.45) is 3.42. The zero-order valence-electron chi connectivity index (χ0n) is 25.2. The first-order chi connectivity index (χ1) is 21.0. The third-order valence-electron chi connectivity index (χ3n) is 7.35. The predicted octanol–water partition coefficient (Wildman–Crippen LogP) is 4.68. The second-order valence-corrected chi connectivity index (χ2v) is 9.95. The number of carbonyl (C=O) groups is 1. The van der Waals surface area contributed by atoms with E-state index in [0.717, 1.165) is 34.5 Å². The van der Waals surface area contributed by atoms with Crippen LogP contribution in [0.5, 0.6) is 11.5 Å². The van der Waals surface area contributed by atoms with Gasteiger partial charge in [0.1, 0.15) is 17.3 Å². The number of methoxy groups -OCH3 is 2. The fraction of sp³-hybridized carbons (Fsp3) is 0.312. The summed E-state index contributed by atoms with van der Waals surface area (Å²) < 4.78 is 16.4. The number of hydrogen-bond acceptors (Lipinski definition) is 9. The van der Waals surface area contributed by atoms with Crippen LogP contribution in [0.4, 0.5) is 22.0 Å². The first-order valence-electron chi connectivity index (χ1n) is 14.2. The van der Waals surface area contributed by atoms with Gasteiger partial charge in [0, 0.05) is 67.5 Å². The predicted molar refractivity (Wildman–Crippen MR) is 168 cm³/mol. The van der Waals surface area contributed by atoms with E-state index in [0.29, 0.717) is 68.9 Å². The van der Waals surface area contributed by atoms with E-state index in [1.807, 2.05) is 42.5 Å². The zero-order chi connectivity index (χ0) is 30.2. The Hall–Kier alpha value is -3.43. The number of carbonyl (C=O) groups excluding carboxylic acids is 1. The van der Waals surface area contributed by atoms with Crippen molar-refractivity contribution in [2.45, 2.75) is 0 Å². The minimum Gasteiger partial charge on any atom is -0.497 e. The smallest absolute Gasteiger partial charge is 0.497 e. The molecule has 12 heteroatoms. The minimum absolute atomic E-state index is 0. The Morgan fingerprint density at radius 1 is 0.909 bits per heavy atom. The first kappa shape index (κ1) is 33.5. The van der Waals surface area contributed by atoms with E-state index in [2.05, 4.69) is 38.9 Å². The van der Waals surface area contributed by atoms with Gasteiger partial charge in [-0.05, 0) is 30.3 Å². The number of aromatic nitrogens is 3. The molecule has 2 aromatic carbocycles. The van der Waals surface area contributed by atoms with Gasteiger partial charge >= 0.3 is 37.1 Å². The Morgan fingerprint density at radius 2 is 1.64 bits per heavy atom. The van der Waals surface area contributed by atoms with Crippen molar-refractivity contribution in [3.05, 3.63) is 74.8 Å². The van der Waals surface area contributed by atoms with E-state index in [1.54, 1.807) is 37.6 Å². The van der Waals surface area contributed by atoms with Gasteiger partial charge in [0.15, 0.2) is 0 Å². The summed E-state index contributed by atoms with van der Waals surface area (Å²) in [5.41, 5.74) is 4.85. The molecule has 11 nitrogen and oxygen atoms in total. The molecule has 3 heterocycles. The number of morpholine rings is 1. The van der Waals surface area contributed by atoms with Crippen LogP contribution >= 0.6 is 0 Å². The number of fused-ring (bicyclic) bond motifs is 1. The Morgan fingerprint density at radius 3 is 2.27 bits per heavy atom. The molecular weight excluding hydrogens is 784 g/mol. The number of rotatable bonds is 11. The summed E-state index contributed by atoms with van der Waals surface area (Å²) in [5.74, 6) is 1.87. The monoisotopic (exact) mass is 821 g/mol. The van der Waals surface area contributed by atoms with Crippen LogP contribution in [0.2, 0.25) is 0 Å². The third kappa shape index (κ3) is 8.18. The molecule has 1 aliphatic rings. The normalized spacial score (nSPS) is 13.0. The van der Waals surface area contributed by atoms with Crippen LogP contribution in [0.25, 0.3) is 22.3 Å². The second-order valence-electron chi connectivity index (χ2n) is 9.95. The van der Waals surface area contributed by atoms with Gasteiger partial charge in [0.25, 0.3) is 0 Å². The Kier molecular flexibility index (Phi) is 12.2. The van der Waals surface area contributed by atoms with E-state index in [-0.39, 0.29) is 37.1 Å². The van der Waals surface area contributed by atoms with Crippen LogP contribution < -0.4 is 19.7 Å². The van der Waals surface area contributed by atoms with Crippen LogP contribution in [0.1, 0.15) is 0 Å². The molecule has 0 atom stereocenters. The Labute approximate surface area is 282 Å². The number of nitrogens with zero attached hydrogens (tertiary/aromatic N) is 6. The molecule has 1 saturated heterocycles. The molecule has 2 aromatic heterocycles. The largest absolute Gasteiger partial charge is 2.00 e. The summed E-state index contributed by atoms with van der Waals surface area (Å²) in [7, 11) is 3.28. The summed E-state index contributed by atoms with van der Waals surface area (Å²) in [6.45, 7) is 13.0. The van der Waals surface area contributed by atoms with Gasteiger partial charge in [0.05, 0.1) is 50.4 Å². The maximum Gasteiger partial charge on any atom is 2.00 e. The fourth-order valence-corrected chi connectivity index (χ4v) is 4.81. The van der Waals surface area contributed by atoms with Crippen LogP contribution in [-0.2, 0) is 4.74 Å². The van der Waals surface area contributed by atoms with Crippen molar-refractivity contribution in [1.29, 1.82) is 0 Å². The summed E-state index contributed by atoms with van der Waals surface area (Å²) in [5, 5.41) is 2.85. The zero-order valence-corrected chi connectivity index (χ0v) is 29.3. The number of ether oxygens (including phenoxy) is 3. The topological polar surface area (TPSA) is 105 Å². The number of urea groups is 1. The van der Waals surface area contributed by atoms with Crippen LogP contribution in [-0.4, -0.2) is 97.5 Å². The molecule has 0 radical (unpaired) electrons. The molecule has 1 fully saturated rings. The van der Waals surface area contributed by atoms with Gasteiger partial charge in [0.2, 0.25) is 0 Å². The minimum atomic E-state index is -0.187. The molecule has 1 N–H and O–H groups in total. The van der Waals surface area contributed by atoms with Crippen LogP contribution in [0, 0.1) is 45.0 Å². The van der Waals surface area contributed by atoms with Gasteiger partial charge in [-0.15, -0.1) is 13.1 Å².